The Kier molecular flexibility index (Phi) is 12.1. The molecular formula is C22H24Cl2F3NO4. The second-order valence-electron chi connectivity index (χ2n) is 6.49. The molecule has 1 aliphatic heterocycles. The number of morpholine rings is 1. The third-order valence-electron chi connectivity index (χ3n) is 3.79. The van der Waals surface area contributed by atoms with Gasteiger partial charge in [0, 0.05) is 17.0 Å². The molecule has 176 valence electrons. The van der Waals surface area contributed by atoms with E-state index in [0.29, 0.717) is 18.2 Å². The van der Waals surface area contributed by atoms with Gasteiger partial charge in [0.05, 0.1) is 19.3 Å². The number of hydrogen-bond donors (Lipinski definition) is 0. The fourth-order valence-corrected chi connectivity index (χ4v) is 2.80. The Hall–Kier alpha value is -2.29. The predicted octanol–water partition coefficient (Wildman–Crippen LogP) is 5.71. The van der Waals surface area contributed by atoms with Gasteiger partial charge in [-0.15, -0.1) is 0 Å². The van der Waals surface area contributed by atoms with Crippen molar-refractivity contribution in [3.05, 3.63) is 70.2 Å². The normalized spacial score (nSPS) is 15.7. The largest absolute Gasteiger partial charge is 0.465 e. The van der Waals surface area contributed by atoms with E-state index in [1.807, 2.05) is 42.5 Å². The molecule has 1 aliphatic rings. The van der Waals surface area contributed by atoms with Gasteiger partial charge in [-0.3, -0.25) is 9.59 Å². The van der Waals surface area contributed by atoms with Crippen LogP contribution in [0.4, 0.5) is 13.2 Å². The van der Waals surface area contributed by atoms with Crippen LogP contribution in [0.5, 0.6) is 0 Å². The van der Waals surface area contributed by atoms with Crippen molar-refractivity contribution in [2.24, 2.45) is 0 Å². The highest BCUT2D eigenvalue weighted by Gasteiger charge is 2.31. The van der Waals surface area contributed by atoms with Gasteiger partial charge in [0.15, 0.2) is 0 Å². The lowest BCUT2D eigenvalue weighted by molar-refractivity contribution is -0.158. The smallest absolute Gasteiger partial charge is 0.386 e. The molecule has 2 aromatic carbocycles. The zero-order chi connectivity index (χ0) is 24.1. The minimum Gasteiger partial charge on any atom is -0.465 e. The van der Waals surface area contributed by atoms with E-state index in [1.54, 1.807) is 19.1 Å². The lowest BCUT2D eigenvalue weighted by Gasteiger charge is -2.35. The van der Waals surface area contributed by atoms with Crippen molar-refractivity contribution in [2.45, 2.75) is 26.1 Å². The number of amides is 1. The number of benzene rings is 2. The highest BCUT2D eigenvalue weighted by Crippen LogP contribution is 2.25. The molecule has 10 heteroatoms. The maximum absolute atomic E-state index is 12.0. The summed E-state index contributed by atoms with van der Waals surface area (Å²) in [4.78, 5) is 25.1. The van der Waals surface area contributed by atoms with Crippen LogP contribution in [0.15, 0.2) is 54.6 Å². The van der Waals surface area contributed by atoms with Crippen LogP contribution in [-0.2, 0) is 19.1 Å². The van der Waals surface area contributed by atoms with E-state index < -0.39 is 12.1 Å². The van der Waals surface area contributed by atoms with Crippen molar-refractivity contribution in [1.82, 2.24) is 4.90 Å². The first-order valence-electron chi connectivity index (χ1n) is 9.56. The topological polar surface area (TPSA) is 55.8 Å². The Morgan fingerprint density at radius 2 is 1.62 bits per heavy atom. The number of nitrogens with zero attached hydrogens (tertiary/aromatic N) is 1. The maximum atomic E-state index is 12.0. The number of halogens is 5. The quantitative estimate of drug-likeness (QED) is 0.511. The van der Waals surface area contributed by atoms with Crippen LogP contribution < -0.4 is 0 Å². The van der Waals surface area contributed by atoms with E-state index in [1.165, 1.54) is 4.90 Å². The summed E-state index contributed by atoms with van der Waals surface area (Å²) in [5, 5.41) is 1.41. The number of carbonyl (C=O) groups is 2. The first-order chi connectivity index (χ1) is 15.0. The van der Waals surface area contributed by atoms with Gasteiger partial charge < -0.3 is 14.4 Å². The number of esters is 1. The summed E-state index contributed by atoms with van der Waals surface area (Å²) in [5.74, 6) is -0.633. The van der Waals surface area contributed by atoms with Crippen molar-refractivity contribution in [1.29, 1.82) is 0 Å². The molecule has 0 saturated carbocycles. The highest BCUT2D eigenvalue weighted by atomic mass is 35.5. The summed E-state index contributed by atoms with van der Waals surface area (Å²) in [6.07, 6.45) is -4.00. The number of alkyl halides is 3. The lowest BCUT2D eigenvalue weighted by atomic mass is 10.0. The van der Waals surface area contributed by atoms with Crippen molar-refractivity contribution in [2.75, 3.05) is 26.4 Å². The van der Waals surface area contributed by atoms with Crippen LogP contribution in [0.25, 0.3) is 0 Å². The van der Waals surface area contributed by atoms with Crippen LogP contribution in [-0.4, -0.2) is 49.3 Å². The van der Waals surface area contributed by atoms with E-state index in [2.05, 4.69) is 0 Å². The summed E-state index contributed by atoms with van der Waals surface area (Å²) in [6.45, 7) is 2.49. The molecule has 5 nitrogen and oxygen atoms in total. The summed E-state index contributed by atoms with van der Waals surface area (Å²) in [5.41, 5.74) is 0.881. The second kappa shape index (κ2) is 14.0. The van der Waals surface area contributed by atoms with E-state index >= 15 is 0 Å². The molecule has 0 spiro atoms. The Balaban J connectivity index is 0.000000349. The molecule has 1 saturated heterocycles. The van der Waals surface area contributed by atoms with Crippen molar-refractivity contribution in [3.63, 3.8) is 0 Å². The third-order valence-corrected chi connectivity index (χ3v) is 4.29. The van der Waals surface area contributed by atoms with E-state index in [0.717, 1.165) is 10.6 Å². The zero-order valence-corrected chi connectivity index (χ0v) is 19.1. The molecule has 1 unspecified atom stereocenters. The van der Waals surface area contributed by atoms with Gasteiger partial charge in [-0.1, -0.05) is 53.5 Å². The SMILES string of the molecule is CC(F)(F)F.CCOC(=O)CN1C(=O)COCC1c1ccc(Cl)cc1.Clc1ccccc1. The lowest BCUT2D eigenvalue weighted by Crippen LogP contribution is -2.46. The van der Waals surface area contributed by atoms with E-state index in [4.69, 9.17) is 32.7 Å². The highest BCUT2D eigenvalue weighted by molar-refractivity contribution is 6.30. The number of hydrogen-bond acceptors (Lipinski definition) is 4. The van der Waals surface area contributed by atoms with E-state index in [9.17, 15) is 22.8 Å². The molecule has 1 heterocycles. The summed E-state index contributed by atoms with van der Waals surface area (Å²) < 4.78 is 41.2. The van der Waals surface area contributed by atoms with Gasteiger partial charge in [-0.05, 0) is 36.8 Å². The fourth-order valence-electron chi connectivity index (χ4n) is 2.52. The van der Waals surface area contributed by atoms with Gasteiger partial charge in [0.25, 0.3) is 0 Å². The van der Waals surface area contributed by atoms with Crippen molar-refractivity contribution in [3.8, 4) is 0 Å². The minimum atomic E-state index is -4.00. The van der Waals surface area contributed by atoms with Crippen molar-refractivity contribution < 1.29 is 32.2 Å². The molecule has 32 heavy (non-hydrogen) atoms. The average molecular weight is 494 g/mol. The average Bonchev–Trinajstić information content (AvgIpc) is 2.70. The molecule has 0 radical (unpaired) electrons. The van der Waals surface area contributed by atoms with Crippen molar-refractivity contribution >= 4 is 35.1 Å². The number of rotatable bonds is 4. The summed E-state index contributed by atoms with van der Waals surface area (Å²) >= 11 is 11.4. The molecular weight excluding hydrogens is 470 g/mol. The fraction of sp³-hybridized carbons (Fsp3) is 0.364. The van der Waals surface area contributed by atoms with Gasteiger partial charge in [0.2, 0.25) is 5.91 Å². The number of carbonyl (C=O) groups excluding carboxylic acids is 2. The van der Waals surface area contributed by atoms with Crippen LogP contribution in [0.2, 0.25) is 10.0 Å². The third kappa shape index (κ3) is 11.9. The zero-order valence-electron chi connectivity index (χ0n) is 17.6. The molecule has 0 aliphatic carbocycles. The van der Waals surface area contributed by atoms with Gasteiger partial charge in [-0.25, -0.2) is 0 Å². The predicted molar refractivity (Wildman–Crippen MR) is 117 cm³/mol. The van der Waals surface area contributed by atoms with Crippen LogP contribution in [0, 0.1) is 0 Å². The molecule has 0 aromatic heterocycles. The van der Waals surface area contributed by atoms with Gasteiger partial charge in [0.1, 0.15) is 13.2 Å². The molecule has 1 fully saturated rings. The number of ether oxygens (including phenoxy) is 2. The standard InChI is InChI=1S/C14H16ClNO4.C6H5Cl.C2H3F3/c1-2-20-14(18)7-16-12(8-19-9-13(16)17)10-3-5-11(15)6-4-10;7-6-4-2-1-3-5-6;1-2(3,4)5/h3-6,12H,2,7-9H2,1H3;1-5H;1H3. The Labute approximate surface area is 195 Å². The van der Waals surface area contributed by atoms with Crippen LogP contribution in [0.3, 0.4) is 0 Å². The van der Waals surface area contributed by atoms with E-state index in [-0.39, 0.29) is 32.0 Å². The minimum absolute atomic E-state index is 0.0104. The summed E-state index contributed by atoms with van der Waals surface area (Å²) in [6, 6.07) is 16.3. The monoisotopic (exact) mass is 493 g/mol. The Morgan fingerprint density at radius 1 is 1.09 bits per heavy atom. The molecule has 3 rings (SSSR count). The molecule has 1 atom stereocenters. The molecule has 1 amide bonds. The van der Waals surface area contributed by atoms with Gasteiger partial charge >= 0.3 is 12.1 Å². The molecule has 0 N–H and O–H groups in total. The van der Waals surface area contributed by atoms with Crippen LogP contribution in [0.1, 0.15) is 25.5 Å². The van der Waals surface area contributed by atoms with Gasteiger partial charge in [-0.2, -0.15) is 13.2 Å². The second-order valence-corrected chi connectivity index (χ2v) is 7.36. The maximum Gasteiger partial charge on any atom is 0.386 e. The molecule has 2 aromatic rings. The van der Waals surface area contributed by atoms with Crippen LogP contribution >= 0.6 is 23.2 Å². The first kappa shape index (κ1) is 27.7. The Morgan fingerprint density at radius 3 is 2.09 bits per heavy atom. The molecule has 0 bridgehead atoms. The first-order valence-corrected chi connectivity index (χ1v) is 10.3. The Bertz CT molecular complexity index is 827. The summed E-state index contributed by atoms with van der Waals surface area (Å²) in [7, 11) is 0.